The summed E-state index contributed by atoms with van der Waals surface area (Å²) in [6, 6.07) is 13.0. The van der Waals surface area contributed by atoms with E-state index in [-0.39, 0.29) is 16.2 Å². The van der Waals surface area contributed by atoms with Crippen LogP contribution in [0.1, 0.15) is 29.8 Å². The molecule has 6 nitrogen and oxygen atoms in total. The second kappa shape index (κ2) is 8.14. The zero-order valence-corrected chi connectivity index (χ0v) is 15.7. The van der Waals surface area contributed by atoms with Crippen molar-refractivity contribution in [3.05, 3.63) is 59.7 Å². The Hall–Kier alpha value is -2.67. The first kappa shape index (κ1) is 19.7. The standard InChI is InChI=1S/C19H21NO5S/c1-4-26(23,24)17-8-6-5-7-16(17)19(22)25-14(3)18(21)20-15-11-9-13(2)10-12-15/h5-12,14H,4H2,1-3H3,(H,20,21)/t14-/m0/s1. The fourth-order valence-corrected chi connectivity index (χ4v) is 3.30. The Balaban J connectivity index is 2.12. The molecule has 0 heterocycles. The molecule has 1 N–H and O–H groups in total. The van der Waals surface area contributed by atoms with Crippen molar-refractivity contribution in [2.24, 2.45) is 0 Å². The summed E-state index contributed by atoms with van der Waals surface area (Å²) in [7, 11) is -3.58. The van der Waals surface area contributed by atoms with Gasteiger partial charge < -0.3 is 10.1 Å². The van der Waals surface area contributed by atoms with E-state index >= 15 is 0 Å². The number of benzene rings is 2. The van der Waals surface area contributed by atoms with Gasteiger partial charge in [0.1, 0.15) is 0 Å². The van der Waals surface area contributed by atoms with Crippen LogP contribution in [0.15, 0.2) is 53.4 Å². The molecule has 138 valence electrons. The number of sulfone groups is 1. The molecule has 0 aliphatic rings. The van der Waals surface area contributed by atoms with E-state index in [1.165, 1.54) is 32.0 Å². The first-order valence-corrected chi connectivity index (χ1v) is 9.80. The van der Waals surface area contributed by atoms with Crippen LogP contribution in [0.5, 0.6) is 0 Å². The highest BCUT2D eigenvalue weighted by Crippen LogP contribution is 2.19. The van der Waals surface area contributed by atoms with Crippen molar-refractivity contribution >= 4 is 27.4 Å². The monoisotopic (exact) mass is 375 g/mol. The number of hydrogen-bond acceptors (Lipinski definition) is 5. The summed E-state index contributed by atoms with van der Waals surface area (Å²) in [5.41, 5.74) is 1.55. The zero-order valence-electron chi connectivity index (χ0n) is 14.9. The minimum Gasteiger partial charge on any atom is -0.449 e. The third kappa shape index (κ3) is 4.70. The summed E-state index contributed by atoms with van der Waals surface area (Å²) in [5.74, 6) is -1.50. The van der Waals surface area contributed by atoms with Crippen LogP contribution < -0.4 is 5.32 Å². The number of ether oxygens (including phenoxy) is 1. The van der Waals surface area contributed by atoms with Crippen LogP contribution in [0.3, 0.4) is 0 Å². The number of esters is 1. The second-order valence-corrected chi connectivity index (χ2v) is 8.05. The van der Waals surface area contributed by atoms with E-state index in [9.17, 15) is 18.0 Å². The molecule has 0 aliphatic heterocycles. The zero-order chi connectivity index (χ0) is 19.3. The van der Waals surface area contributed by atoms with Gasteiger partial charge in [0.05, 0.1) is 16.2 Å². The highest BCUT2D eigenvalue weighted by atomic mass is 32.2. The van der Waals surface area contributed by atoms with Gasteiger partial charge >= 0.3 is 5.97 Å². The van der Waals surface area contributed by atoms with Crippen molar-refractivity contribution < 1.29 is 22.7 Å². The van der Waals surface area contributed by atoms with Crippen molar-refractivity contribution in [2.45, 2.75) is 31.8 Å². The van der Waals surface area contributed by atoms with Crippen molar-refractivity contribution in [3.63, 3.8) is 0 Å². The van der Waals surface area contributed by atoms with Gasteiger partial charge in [-0.2, -0.15) is 0 Å². The van der Waals surface area contributed by atoms with Crippen LogP contribution in [0.4, 0.5) is 5.69 Å². The predicted octanol–water partition coefficient (Wildman–Crippen LogP) is 2.97. The summed E-state index contributed by atoms with van der Waals surface area (Å²) in [5, 5.41) is 2.65. The molecule has 1 atom stereocenters. The molecular formula is C19H21NO5S. The molecule has 0 fully saturated rings. The van der Waals surface area contributed by atoms with Gasteiger partial charge in [-0.3, -0.25) is 4.79 Å². The van der Waals surface area contributed by atoms with Crippen LogP contribution in [0, 0.1) is 6.92 Å². The molecule has 2 aromatic rings. The topological polar surface area (TPSA) is 89.5 Å². The first-order chi connectivity index (χ1) is 12.2. The number of nitrogens with one attached hydrogen (secondary N) is 1. The lowest BCUT2D eigenvalue weighted by atomic mass is 10.2. The van der Waals surface area contributed by atoms with E-state index in [2.05, 4.69) is 5.32 Å². The second-order valence-electron chi connectivity index (χ2n) is 5.80. The molecule has 2 aromatic carbocycles. The van der Waals surface area contributed by atoms with Gasteiger partial charge in [0.15, 0.2) is 15.9 Å². The average Bonchev–Trinajstić information content (AvgIpc) is 2.63. The SMILES string of the molecule is CCS(=O)(=O)c1ccccc1C(=O)O[C@@H](C)C(=O)Nc1ccc(C)cc1. The van der Waals surface area contributed by atoms with Gasteiger partial charge in [-0.1, -0.05) is 36.8 Å². The molecule has 0 saturated heterocycles. The van der Waals surface area contributed by atoms with Crippen LogP contribution in [-0.2, 0) is 19.4 Å². The minimum atomic E-state index is -3.58. The van der Waals surface area contributed by atoms with Crippen molar-refractivity contribution in [1.82, 2.24) is 0 Å². The fraction of sp³-hybridized carbons (Fsp3) is 0.263. The van der Waals surface area contributed by atoms with Gasteiger partial charge in [-0.05, 0) is 38.1 Å². The van der Waals surface area contributed by atoms with Gasteiger partial charge in [-0.15, -0.1) is 0 Å². The highest BCUT2D eigenvalue weighted by molar-refractivity contribution is 7.91. The van der Waals surface area contributed by atoms with E-state index in [0.29, 0.717) is 5.69 Å². The molecule has 7 heteroatoms. The largest absolute Gasteiger partial charge is 0.449 e. The Morgan fingerprint density at radius 1 is 1.08 bits per heavy atom. The molecule has 0 aromatic heterocycles. The van der Waals surface area contributed by atoms with Crippen LogP contribution >= 0.6 is 0 Å². The van der Waals surface area contributed by atoms with E-state index < -0.39 is 27.8 Å². The van der Waals surface area contributed by atoms with Crippen molar-refractivity contribution in [2.75, 3.05) is 11.1 Å². The Morgan fingerprint density at radius 2 is 1.69 bits per heavy atom. The molecule has 0 spiro atoms. The lowest BCUT2D eigenvalue weighted by molar-refractivity contribution is -0.123. The Morgan fingerprint density at radius 3 is 2.31 bits per heavy atom. The number of amides is 1. The molecule has 0 saturated carbocycles. The maximum atomic E-state index is 12.4. The van der Waals surface area contributed by atoms with Crippen LogP contribution in [0.25, 0.3) is 0 Å². The van der Waals surface area contributed by atoms with Gasteiger partial charge in [0, 0.05) is 5.69 Å². The number of hydrogen-bond donors (Lipinski definition) is 1. The van der Waals surface area contributed by atoms with Gasteiger partial charge in [0.2, 0.25) is 0 Å². The minimum absolute atomic E-state index is 0.0793. The highest BCUT2D eigenvalue weighted by Gasteiger charge is 2.25. The summed E-state index contributed by atoms with van der Waals surface area (Å²) in [6.07, 6.45) is -1.08. The van der Waals surface area contributed by atoms with Crippen molar-refractivity contribution in [3.8, 4) is 0 Å². The number of aryl methyl sites for hydroxylation is 1. The lowest BCUT2D eigenvalue weighted by Gasteiger charge is -2.15. The van der Waals surface area contributed by atoms with E-state index in [1.54, 1.807) is 18.2 Å². The van der Waals surface area contributed by atoms with E-state index in [1.807, 2.05) is 19.1 Å². The molecule has 0 radical (unpaired) electrons. The molecule has 0 unspecified atom stereocenters. The summed E-state index contributed by atoms with van der Waals surface area (Å²) in [4.78, 5) is 24.5. The number of carbonyl (C=O) groups is 2. The molecule has 0 bridgehead atoms. The third-order valence-corrected chi connectivity index (χ3v) is 5.58. The smallest absolute Gasteiger partial charge is 0.340 e. The van der Waals surface area contributed by atoms with E-state index in [4.69, 9.17) is 4.74 Å². The normalized spacial score (nSPS) is 12.3. The number of rotatable bonds is 6. The molecule has 2 rings (SSSR count). The number of carbonyl (C=O) groups excluding carboxylic acids is 2. The Kier molecular flexibility index (Phi) is 6.15. The maximum absolute atomic E-state index is 12.4. The lowest BCUT2D eigenvalue weighted by Crippen LogP contribution is -2.30. The molecule has 1 amide bonds. The third-order valence-electron chi connectivity index (χ3n) is 3.79. The fourth-order valence-electron chi connectivity index (χ4n) is 2.22. The first-order valence-electron chi connectivity index (χ1n) is 8.15. The quantitative estimate of drug-likeness (QED) is 0.784. The Bertz CT molecular complexity index is 904. The molecular weight excluding hydrogens is 354 g/mol. The summed E-state index contributed by atoms with van der Waals surface area (Å²) < 4.78 is 29.4. The Labute approximate surface area is 153 Å². The van der Waals surface area contributed by atoms with Gasteiger partial charge in [0.25, 0.3) is 5.91 Å². The maximum Gasteiger partial charge on any atom is 0.340 e. The summed E-state index contributed by atoms with van der Waals surface area (Å²) >= 11 is 0. The molecule has 0 aliphatic carbocycles. The molecule has 26 heavy (non-hydrogen) atoms. The van der Waals surface area contributed by atoms with Crippen LogP contribution in [0.2, 0.25) is 0 Å². The van der Waals surface area contributed by atoms with Crippen molar-refractivity contribution in [1.29, 1.82) is 0 Å². The van der Waals surface area contributed by atoms with Gasteiger partial charge in [-0.25, -0.2) is 13.2 Å². The average molecular weight is 375 g/mol. The summed E-state index contributed by atoms with van der Waals surface area (Å²) in [6.45, 7) is 4.85. The number of anilines is 1. The predicted molar refractivity (Wildman–Crippen MR) is 98.9 cm³/mol. The van der Waals surface area contributed by atoms with Crippen LogP contribution in [-0.4, -0.2) is 32.2 Å². The van der Waals surface area contributed by atoms with E-state index in [0.717, 1.165) is 5.56 Å².